The minimum Gasteiger partial charge on any atom is -0.208 e. The summed E-state index contributed by atoms with van der Waals surface area (Å²) < 4.78 is 0. The summed E-state index contributed by atoms with van der Waals surface area (Å²) in [6.45, 7) is 0. The standard InChI is InChI=1S/C59H39N3/c1-3-15-40(16-4-1)41-31-33-42(34-32-41)45-21-11-24-48(37-45)57-60-58(49-25-12-22-46(38-49)52-30-14-20-44-19-7-8-27-51(44)52)62-59(61-57)50-26-13-23-47(39-50)54-36-35-53(43-17-5-2-6-18-43)55-28-9-10-29-56(54)55/h1-39H. The number of hydrogen-bond donors (Lipinski definition) is 0. The van der Waals surface area contributed by atoms with Crippen LogP contribution in [0.5, 0.6) is 0 Å². The van der Waals surface area contributed by atoms with E-state index in [2.05, 4.69) is 231 Å². The van der Waals surface area contributed by atoms with Crippen LogP contribution in [-0.2, 0) is 0 Å². The van der Waals surface area contributed by atoms with Crippen LogP contribution in [-0.4, -0.2) is 15.0 Å². The first-order valence-corrected chi connectivity index (χ1v) is 21.0. The Labute approximate surface area is 361 Å². The number of fused-ring (bicyclic) bond motifs is 2. The van der Waals surface area contributed by atoms with Gasteiger partial charge in [0.1, 0.15) is 0 Å². The van der Waals surface area contributed by atoms with Crippen molar-refractivity contribution in [2.75, 3.05) is 0 Å². The quantitative estimate of drug-likeness (QED) is 0.154. The predicted molar refractivity (Wildman–Crippen MR) is 258 cm³/mol. The lowest BCUT2D eigenvalue weighted by molar-refractivity contribution is 1.07. The summed E-state index contributed by atoms with van der Waals surface area (Å²) in [4.78, 5) is 15.7. The van der Waals surface area contributed by atoms with Crippen LogP contribution < -0.4 is 0 Å². The molecular weight excluding hydrogens is 751 g/mol. The molecule has 0 aliphatic carbocycles. The van der Waals surface area contributed by atoms with Gasteiger partial charge in [-0.15, -0.1) is 0 Å². The first-order valence-electron chi connectivity index (χ1n) is 21.0. The Bertz CT molecular complexity index is 3390. The molecule has 1 aromatic heterocycles. The highest BCUT2D eigenvalue weighted by Crippen LogP contribution is 2.38. The maximum Gasteiger partial charge on any atom is 0.164 e. The molecule has 0 spiro atoms. The van der Waals surface area contributed by atoms with E-state index in [9.17, 15) is 0 Å². The monoisotopic (exact) mass is 789 g/mol. The second-order valence-corrected chi connectivity index (χ2v) is 15.6. The fourth-order valence-corrected chi connectivity index (χ4v) is 8.64. The van der Waals surface area contributed by atoms with Crippen LogP contribution in [0, 0.1) is 0 Å². The first-order chi connectivity index (χ1) is 30.7. The fourth-order valence-electron chi connectivity index (χ4n) is 8.64. The molecule has 10 aromatic carbocycles. The molecule has 3 heteroatoms. The van der Waals surface area contributed by atoms with Gasteiger partial charge in [0.05, 0.1) is 0 Å². The third-order valence-electron chi connectivity index (χ3n) is 11.7. The lowest BCUT2D eigenvalue weighted by atomic mass is 9.91. The fraction of sp³-hybridized carbons (Fsp3) is 0. The van der Waals surface area contributed by atoms with Crippen LogP contribution in [0.2, 0.25) is 0 Å². The van der Waals surface area contributed by atoms with Crippen LogP contribution in [0.4, 0.5) is 0 Å². The van der Waals surface area contributed by atoms with E-state index in [-0.39, 0.29) is 0 Å². The molecule has 0 atom stereocenters. The smallest absolute Gasteiger partial charge is 0.164 e. The van der Waals surface area contributed by atoms with Gasteiger partial charge in [-0.3, -0.25) is 0 Å². The minimum atomic E-state index is 0.616. The average molecular weight is 790 g/mol. The molecule has 0 radical (unpaired) electrons. The molecule has 1 heterocycles. The van der Waals surface area contributed by atoms with Gasteiger partial charge in [0.25, 0.3) is 0 Å². The van der Waals surface area contributed by atoms with Crippen LogP contribution in [0.1, 0.15) is 0 Å². The molecule has 0 aliphatic heterocycles. The van der Waals surface area contributed by atoms with E-state index < -0.39 is 0 Å². The molecule has 290 valence electrons. The largest absolute Gasteiger partial charge is 0.208 e. The topological polar surface area (TPSA) is 38.7 Å². The molecule has 11 rings (SSSR count). The molecule has 11 aromatic rings. The van der Waals surface area contributed by atoms with Crippen LogP contribution in [0.15, 0.2) is 237 Å². The maximum absolute atomic E-state index is 5.24. The van der Waals surface area contributed by atoms with Gasteiger partial charge in [0.2, 0.25) is 0 Å². The Kier molecular flexibility index (Phi) is 9.53. The highest BCUT2D eigenvalue weighted by Gasteiger charge is 2.16. The zero-order valence-electron chi connectivity index (χ0n) is 33.9. The predicted octanol–water partition coefficient (Wildman–Crippen LogP) is 15.5. The Hall–Kier alpha value is -8.27. The van der Waals surface area contributed by atoms with E-state index >= 15 is 0 Å². The summed E-state index contributed by atoms with van der Waals surface area (Å²) >= 11 is 0. The van der Waals surface area contributed by atoms with Crippen molar-refractivity contribution in [2.24, 2.45) is 0 Å². The van der Waals surface area contributed by atoms with Gasteiger partial charge in [-0.05, 0) is 95.4 Å². The number of aromatic nitrogens is 3. The summed E-state index contributed by atoms with van der Waals surface area (Å²) in [6, 6.07) is 83.6. The lowest BCUT2D eigenvalue weighted by Crippen LogP contribution is -2.00. The van der Waals surface area contributed by atoms with Crippen molar-refractivity contribution in [2.45, 2.75) is 0 Å². The zero-order chi connectivity index (χ0) is 41.2. The second-order valence-electron chi connectivity index (χ2n) is 15.6. The Morgan fingerprint density at radius 2 is 0.532 bits per heavy atom. The van der Waals surface area contributed by atoms with Crippen molar-refractivity contribution in [1.29, 1.82) is 0 Å². The molecule has 0 bridgehead atoms. The molecule has 0 saturated heterocycles. The van der Waals surface area contributed by atoms with Crippen molar-refractivity contribution < 1.29 is 0 Å². The zero-order valence-corrected chi connectivity index (χ0v) is 33.9. The minimum absolute atomic E-state index is 0.616. The van der Waals surface area contributed by atoms with Gasteiger partial charge in [-0.2, -0.15) is 0 Å². The van der Waals surface area contributed by atoms with Gasteiger partial charge < -0.3 is 0 Å². The highest BCUT2D eigenvalue weighted by atomic mass is 15.0. The van der Waals surface area contributed by atoms with Crippen LogP contribution in [0.25, 0.3) is 111 Å². The van der Waals surface area contributed by atoms with Crippen molar-refractivity contribution in [3.8, 4) is 89.8 Å². The van der Waals surface area contributed by atoms with E-state index in [4.69, 9.17) is 15.0 Å². The number of benzene rings is 10. The summed E-state index contributed by atoms with van der Waals surface area (Å²) in [5, 5.41) is 4.82. The van der Waals surface area contributed by atoms with Crippen molar-refractivity contribution >= 4 is 21.5 Å². The number of nitrogens with zero attached hydrogens (tertiary/aromatic N) is 3. The maximum atomic E-state index is 5.24. The molecule has 0 unspecified atom stereocenters. The average Bonchev–Trinajstić information content (AvgIpc) is 3.36. The van der Waals surface area contributed by atoms with Crippen LogP contribution in [0.3, 0.4) is 0 Å². The van der Waals surface area contributed by atoms with Crippen molar-refractivity contribution in [1.82, 2.24) is 15.0 Å². The molecule has 3 nitrogen and oxygen atoms in total. The number of hydrogen-bond acceptors (Lipinski definition) is 3. The molecular formula is C59H39N3. The molecule has 62 heavy (non-hydrogen) atoms. The van der Waals surface area contributed by atoms with E-state index in [1.807, 2.05) is 6.07 Å². The van der Waals surface area contributed by atoms with E-state index in [1.54, 1.807) is 0 Å². The molecule has 0 amide bonds. The van der Waals surface area contributed by atoms with E-state index in [1.165, 1.54) is 49.4 Å². The molecule has 0 fully saturated rings. The lowest BCUT2D eigenvalue weighted by Gasteiger charge is -2.14. The van der Waals surface area contributed by atoms with E-state index in [0.717, 1.165) is 44.5 Å². The molecule has 0 saturated carbocycles. The van der Waals surface area contributed by atoms with Gasteiger partial charge in [0, 0.05) is 16.7 Å². The third-order valence-corrected chi connectivity index (χ3v) is 11.7. The van der Waals surface area contributed by atoms with Crippen LogP contribution >= 0.6 is 0 Å². The van der Waals surface area contributed by atoms with Gasteiger partial charge in [0.15, 0.2) is 17.5 Å². The summed E-state index contributed by atoms with van der Waals surface area (Å²) in [7, 11) is 0. The Morgan fingerprint density at radius 3 is 1.10 bits per heavy atom. The van der Waals surface area contributed by atoms with Crippen molar-refractivity contribution in [3.05, 3.63) is 237 Å². The third kappa shape index (κ3) is 7.12. The summed E-state index contributed by atoms with van der Waals surface area (Å²) in [6.07, 6.45) is 0. The van der Waals surface area contributed by atoms with E-state index in [0.29, 0.717) is 17.5 Å². The van der Waals surface area contributed by atoms with Crippen molar-refractivity contribution in [3.63, 3.8) is 0 Å². The molecule has 0 aliphatic rings. The summed E-state index contributed by atoms with van der Waals surface area (Å²) in [5.41, 5.74) is 14.3. The second kappa shape index (κ2) is 16.1. The summed E-state index contributed by atoms with van der Waals surface area (Å²) in [5.74, 6) is 1.85. The van der Waals surface area contributed by atoms with Gasteiger partial charge >= 0.3 is 0 Å². The molecule has 0 N–H and O–H groups in total. The Morgan fingerprint density at radius 1 is 0.194 bits per heavy atom. The van der Waals surface area contributed by atoms with Gasteiger partial charge in [-0.25, -0.2) is 15.0 Å². The first kappa shape index (κ1) is 36.8. The highest BCUT2D eigenvalue weighted by molar-refractivity contribution is 6.05. The number of rotatable bonds is 8. The Balaban J connectivity index is 1.03. The SMILES string of the molecule is c1ccc(-c2ccc(-c3cccc(-c4nc(-c5cccc(-c6cccc7ccccc67)c5)nc(-c5cccc(-c6ccc(-c7ccccc7)c7ccccc67)c5)n4)c3)cc2)cc1. The normalized spacial score (nSPS) is 11.2. The van der Waals surface area contributed by atoms with Gasteiger partial charge in [-0.1, -0.05) is 218 Å².